The molecule has 2 aromatic rings. The number of benzene rings is 1. The van der Waals surface area contributed by atoms with Crippen molar-refractivity contribution in [2.75, 3.05) is 13.1 Å². The lowest BCUT2D eigenvalue weighted by Gasteiger charge is -2.30. The summed E-state index contributed by atoms with van der Waals surface area (Å²) in [5, 5.41) is 2.23. The molecule has 0 N–H and O–H groups in total. The van der Waals surface area contributed by atoms with Crippen molar-refractivity contribution in [3.8, 4) is 10.6 Å². The van der Waals surface area contributed by atoms with Crippen LogP contribution in [0.25, 0.3) is 10.6 Å². The Morgan fingerprint density at radius 1 is 1.32 bits per heavy atom. The van der Waals surface area contributed by atoms with Crippen molar-refractivity contribution in [2.45, 2.75) is 19.0 Å². The maximum Gasteiger partial charge on any atom is 0.416 e. The molecule has 1 aromatic carbocycles. The summed E-state index contributed by atoms with van der Waals surface area (Å²) in [5.41, 5.74) is 0.329. The van der Waals surface area contributed by atoms with E-state index in [-0.39, 0.29) is 12.3 Å². The summed E-state index contributed by atoms with van der Waals surface area (Å²) >= 11 is 1.25. The van der Waals surface area contributed by atoms with E-state index in [1.54, 1.807) is 16.3 Å². The molecule has 1 aliphatic heterocycles. The van der Waals surface area contributed by atoms with Crippen LogP contribution < -0.4 is 0 Å². The number of alkyl halides is 3. The van der Waals surface area contributed by atoms with Gasteiger partial charge in [0.1, 0.15) is 5.01 Å². The zero-order valence-electron chi connectivity index (χ0n) is 11.6. The number of carbonyl (C=O) groups excluding carboxylic acids is 1. The maximum atomic E-state index is 12.7. The average Bonchev–Trinajstić information content (AvgIpc) is 2.84. The van der Waals surface area contributed by atoms with Crippen LogP contribution >= 0.6 is 11.3 Å². The lowest BCUT2D eigenvalue weighted by Crippen LogP contribution is -2.42. The summed E-state index contributed by atoms with van der Waals surface area (Å²) in [6.45, 7) is 1.56. The molecule has 1 amide bonds. The van der Waals surface area contributed by atoms with Crippen LogP contribution in [0.2, 0.25) is 0 Å². The molecule has 2 heterocycles. The van der Waals surface area contributed by atoms with Gasteiger partial charge in [-0.3, -0.25) is 4.79 Å². The first kappa shape index (κ1) is 15.0. The summed E-state index contributed by atoms with van der Waals surface area (Å²) in [7, 11) is 0. The summed E-state index contributed by atoms with van der Waals surface area (Å²) in [6, 6.07) is 5.07. The van der Waals surface area contributed by atoms with E-state index in [0.29, 0.717) is 16.3 Å². The van der Waals surface area contributed by atoms with Gasteiger partial charge in [-0.25, -0.2) is 4.98 Å². The summed E-state index contributed by atoms with van der Waals surface area (Å²) in [6.07, 6.45) is -3.14. The highest BCUT2D eigenvalue weighted by Crippen LogP contribution is 2.33. The summed E-state index contributed by atoms with van der Waals surface area (Å²) in [5.74, 6) is 0.0205. The number of hydrogen-bond acceptors (Lipinski definition) is 3. The van der Waals surface area contributed by atoms with Crippen LogP contribution in [-0.4, -0.2) is 28.9 Å². The Hall–Kier alpha value is -1.89. The monoisotopic (exact) mass is 326 g/mol. The van der Waals surface area contributed by atoms with E-state index in [1.807, 2.05) is 0 Å². The molecule has 0 saturated carbocycles. The van der Waals surface area contributed by atoms with Crippen LogP contribution in [-0.2, 0) is 17.4 Å². The molecule has 1 aliphatic rings. The fourth-order valence-corrected chi connectivity index (χ4v) is 3.00. The molecule has 0 spiro atoms. The van der Waals surface area contributed by atoms with Crippen molar-refractivity contribution in [1.29, 1.82) is 0 Å². The van der Waals surface area contributed by atoms with Crippen molar-refractivity contribution in [3.63, 3.8) is 0 Å². The van der Waals surface area contributed by atoms with Gasteiger partial charge in [-0.2, -0.15) is 13.2 Å². The molecule has 3 nitrogen and oxygen atoms in total. The largest absolute Gasteiger partial charge is 0.416 e. The topological polar surface area (TPSA) is 33.2 Å². The molecular weight excluding hydrogens is 313 g/mol. The highest BCUT2D eigenvalue weighted by molar-refractivity contribution is 7.13. The molecule has 1 saturated heterocycles. The van der Waals surface area contributed by atoms with Crippen molar-refractivity contribution in [3.05, 3.63) is 40.9 Å². The molecule has 116 valence electrons. The van der Waals surface area contributed by atoms with Gasteiger partial charge < -0.3 is 4.90 Å². The molecule has 0 radical (unpaired) electrons. The highest BCUT2D eigenvalue weighted by Gasteiger charge is 2.30. The smallest absolute Gasteiger partial charge is 0.342 e. The Balaban J connectivity index is 1.77. The lowest BCUT2D eigenvalue weighted by atomic mass is 10.1. The predicted molar refractivity (Wildman–Crippen MR) is 77.5 cm³/mol. The van der Waals surface area contributed by atoms with Gasteiger partial charge in [0.05, 0.1) is 17.7 Å². The fraction of sp³-hybridized carbons (Fsp3) is 0.333. The SMILES string of the molecule is O=C(Cc1csc(-c2cccc(C(F)(F)F)c2)n1)N1CCC1. The van der Waals surface area contributed by atoms with E-state index in [9.17, 15) is 18.0 Å². The number of nitrogens with zero attached hydrogens (tertiary/aromatic N) is 2. The minimum absolute atomic E-state index is 0.0205. The van der Waals surface area contributed by atoms with Crippen LogP contribution in [0.5, 0.6) is 0 Å². The molecule has 0 unspecified atom stereocenters. The zero-order valence-corrected chi connectivity index (χ0v) is 12.4. The minimum Gasteiger partial charge on any atom is -0.342 e. The van der Waals surface area contributed by atoms with E-state index in [4.69, 9.17) is 0 Å². The molecule has 1 aromatic heterocycles. The third kappa shape index (κ3) is 3.14. The van der Waals surface area contributed by atoms with Crippen LogP contribution in [0.3, 0.4) is 0 Å². The highest BCUT2D eigenvalue weighted by atomic mass is 32.1. The number of aromatic nitrogens is 1. The molecule has 3 rings (SSSR count). The molecule has 7 heteroatoms. The zero-order chi connectivity index (χ0) is 15.7. The normalized spacial score (nSPS) is 14.8. The quantitative estimate of drug-likeness (QED) is 0.863. The van der Waals surface area contributed by atoms with Crippen LogP contribution in [0.15, 0.2) is 29.6 Å². The second kappa shape index (κ2) is 5.72. The van der Waals surface area contributed by atoms with Gasteiger partial charge in [-0.05, 0) is 18.6 Å². The molecule has 0 atom stereocenters. The number of thiazole rings is 1. The number of likely N-dealkylation sites (tertiary alicyclic amines) is 1. The Labute approximate surface area is 129 Å². The Morgan fingerprint density at radius 3 is 2.73 bits per heavy atom. The van der Waals surface area contributed by atoms with E-state index in [1.165, 1.54) is 17.4 Å². The van der Waals surface area contributed by atoms with Gasteiger partial charge in [0.25, 0.3) is 0 Å². The van der Waals surface area contributed by atoms with Gasteiger partial charge in [0.15, 0.2) is 0 Å². The standard InChI is InChI=1S/C15H13F3N2OS/c16-15(17,18)11-4-1-3-10(7-11)14-19-12(9-22-14)8-13(21)20-5-2-6-20/h1,3-4,7,9H,2,5-6,8H2. The van der Waals surface area contributed by atoms with Crippen LogP contribution in [0.1, 0.15) is 17.7 Å². The fourth-order valence-electron chi connectivity index (χ4n) is 2.18. The third-order valence-corrected chi connectivity index (χ3v) is 4.47. The Kier molecular flexibility index (Phi) is 3.90. The third-order valence-electron chi connectivity index (χ3n) is 3.53. The van der Waals surface area contributed by atoms with Crippen molar-refractivity contribution < 1.29 is 18.0 Å². The number of amides is 1. The summed E-state index contributed by atoms with van der Waals surface area (Å²) in [4.78, 5) is 17.9. The van der Waals surface area contributed by atoms with E-state index in [0.717, 1.165) is 31.6 Å². The van der Waals surface area contributed by atoms with Gasteiger partial charge >= 0.3 is 6.18 Å². The van der Waals surface area contributed by atoms with Crippen molar-refractivity contribution >= 4 is 17.2 Å². The van der Waals surface area contributed by atoms with Crippen LogP contribution in [0.4, 0.5) is 13.2 Å². The first-order valence-corrected chi connectivity index (χ1v) is 7.71. The van der Waals surface area contributed by atoms with E-state index < -0.39 is 11.7 Å². The average molecular weight is 326 g/mol. The molecule has 0 aliphatic carbocycles. The number of carbonyl (C=O) groups is 1. The van der Waals surface area contributed by atoms with Crippen molar-refractivity contribution in [2.24, 2.45) is 0 Å². The van der Waals surface area contributed by atoms with Gasteiger partial charge in [-0.15, -0.1) is 11.3 Å². The van der Waals surface area contributed by atoms with Crippen LogP contribution in [0, 0.1) is 0 Å². The number of hydrogen-bond donors (Lipinski definition) is 0. The Bertz CT molecular complexity index is 692. The van der Waals surface area contributed by atoms with E-state index >= 15 is 0 Å². The molecule has 1 fully saturated rings. The van der Waals surface area contributed by atoms with Gasteiger partial charge in [0.2, 0.25) is 5.91 Å². The molecular formula is C15H13F3N2OS. The Morgan fingerprint density at radius 2 is 2.09 bits per heavy atom. The second-order valence-electron chi connectivity index (χ2n) is 5.13. The lowest BCUT2D eigenvalue weighted by molar-refractivity contribution is -0.137. The van der Waals surface area contributed by atoms with Gasteiger partial charge in [0, 0.05) is 24.0 Å². The minimum atomic E-state index is -4.37. The maximum absolute atomic E-state index is 12.7. The number of halogens is 3. The molecule has 0 bridgehead atoms. The van der Waals surface area contributed by atoms with Crippen molar-refractivity contribution in [1.82, 2.24) is 9.88 Å². The first-order valence-electron chi connectivity index (χ1n) is 6.83. The first-order chi connectivity index (χ1) is 10.4. The second-order valence-corrected chi connectivity index (χ2v) is 5.99. The molecule has 22 heavy (non-hydrogen) atoms. The summed E-state index contributed by atoms with van der Waals surface area (Å²) < 4.78 is 38.2. The van der Waals surface area contributed by atoms with Gasteiger partial charge in [-0.1, -0.05) is 12.1 Å². The number of rotatable bonds is 3. The predicted octanol–water partition coefficient (Wildman–Crippen LogP) is 3.60. The van der Waals surface area contributed by atoms with E-state index in [2.05, 4.69) is 4.98 Å².